The lowest BCUT2D eigenvalue weighted by Gasteiger charge is -2.19. The van der Waals surface area contributed by atoms with Crippen LogP contribution in [0.5, 0.6) is 5.75 Å². The highest BCUT2D eigenvalue weighted by molar-refractivity contribution is 9.10. The van der Waals surface area contributed by atoms with Gasteiger partial charge in [0.15, 0.2) is 0 Å². The minimum absolute atomic E-state index is 0.0186. The zero-order chi connectivity index (χ0) is 22.0. The lowest BCUT2D eigenvalue weighted by molar-refractivity contribution is -0.113. The van der Waals surface area contributed by atoms with Gasteiger partial charge in [-0.25, -0.2) is 4.39 Å². The van der Waals surface area contributed by atoms with Gasteiger partial charge in [-0.15, -0.1) is 0 Å². The lowest BCUT2D eigenvalue weighted by Crippen LogP contribution is -2.30. The van der Waals surface area contributed by atoms with E-state index >= 15 is 0 Å². The summed E-state index contributed by atoms with van der Waals surface area (Å²) in [4.78, 5) is 15.1. The number of carbonyl (C=O) groups excluding carboxylic acids is 1. The predicted octanol–water partition coefficient (Wildman–Crippen LogP) is 6.71. The van der Waals surface area contributed by atoms with Crippen molar-refractivity contribution in [2.24, 2.45) is 5.92 Å². The molecule has 4 rings (SSSR count). The Hall–Kier alpha value is -2.92. The van der Waals surface area contributed by atoms with Gasteiger partial charge in [0.25, 0.3) is 5.91 Å². The van der Waals surface area contributed by atoms with E-state index in [1.54, 1.807) is 18.2 Å². The van der Waals surface area contributed by atoms with Crippen molar-refractivity contribution < 1.29 is 13.9 Å². The average Bonchev–Trinajstić information content (AvgIpc) is 3.00. The molecular formula is C26H23BrFNO2. The molecule has 0 bridgehead atoms. The van der Waals surface area contributed by atoms with Gasteiger partial charge in [-0.1, -0.05) is 66.2 Å². The van der Waals surface area contributed by atoms with Crippen molar-refractivity contribution >= 4 is 39.2 Å². The molecule has 31 heavy (non-hydrogen) atoms. The SMILES string of the molecule is CC(C)CN1C(=O)/C(=C\c2cc(Br)ccc2OCc2ccccc2F)c2ccccc21. The average molecular weight is 480 g/mol. The summed E-state index contributed by atoms with van der Waals surface area (Å²) in [5, 5.41) is 0. The van der Waals surface area contributed by atoms with Gasteiger partial charge in [0.05, 0.1) is 5.69 Å². The molecule has 0 unspecified atom stereocenters. The third-order valence-electron chi connectivity index (χ3n) is 5.12. The molecule has 0 atom stereocenters. The second-order valence-electron chi connectivity index (χ2n) is 7.95. The van der Waals surface area contributed by atoms with E-state index in [1.165, 1.54) is 6.07 Å². The molecule has 1 heterocycles. The molecule has 1 aliphatic rings. The second-order valence-corrected chi connectivity index (χ2v) is 8.86. The largest absolute Gasteiger partial charge is 0.488 e. The summed E-state index contributed by atoms with van der Waals surface area (Å²) < 4.78 is 20.8. The Labute approximate surface area is 190 Å². The number of amides is 1. The van der Waals surface area contributed by atoms with Crippen LogP contribution in [0.3, 0.4) is 0 Å². The summed E-state index contributed by atoms with van der Waals surface area (Å²) in [7, 11) is 0. The van der Waals surface area contributed by atoms with Crippen LogP contribution >= 0.6 is 15.9 Å². The number of ether oxygens (including phenoxy) is 1. The van der Waals surface area contributed by atoms with Crippen molar-refractivity contribution in [3.05, 3.63) is 93.7 Å². The van der Waals surface area contributed by atoms with Crippen molar-refractivity contribution in [2.45, 2.75) is 20.5 Å². The maximum absolute atomic E-state index is 14.0. The van der Waals surface area contributed by atoms with Crippen molar-refractivity contribution in [3.63, 3.8) is 0 Å². The normalized spacial score (nSPS) is 14.4. The standard InChI is InChI=1S/C26H23BrFNO2/c1-17(2)15-29-24-10-6-4-8-21(24)22(26(29)30)14-19-13-20(27)11-12-25(19)31-16-18-7-3-5-9-23(18)28/h3-14,17H,15-16H2,1-2H3/b22-14-. The van der Waals surface area contributed by atoms with Crippen LogP contribution in [0.2, 0.25) is 0 Å². The number of nitrogens with zero attached hydrogens (tertiary/aromatic N) is 1. The molecule has 1 amide bonds. The van der Waals surface area contributed by atoms with Crippen LogP contribution < -0.4 is 9.64 Å². The predicted molar refractivity (Wildman–Crippen MR) is 126 cm³/mol. The van der Waals surface area contributed by atoms with E-state index in [0.717, 1.165) is 21.3 Å². The van der Waals surface area contributed by atoms with E-state index < -0.39 is 0 Å². The fourth-order valence-electron chi connectivity index (χ4n) is 3.68. The van der Waals surface area contributed by atoms with Gasteiger partial charge in [-0.3, -0.25) is 4.79 Å². The highest BCUT2D eigenvalue weighted by Crippen LogP contribution is 2.39. The first-order valence-corrected chi connectivity index (χ1v) is 11.0. The zero-order valence-corrected chi connectivity index (χ0v) is 19.0. The maximum Gasteiger partial charge on any atom is 0.259 e. The number of halogens is 2. The molecule has 0 fully saturated rings. The molecule has 3 aromatic carbocycles. The van der Waals surface area contributed by atoms with Crippen LogP contribution in [0.1, 0.15) is 30.5 Å². The minimum atomic E-state index is -0.302. The number of benzene rings is 3. The van der Waals surface area contributed by atoms with Gasteiger partial charge >= 0.3 is 0 Å². The molecule has 1 aliphatic heterocycles. The van der Waals surface area contributed by atoms with E-state index in [1.807, 2.05) is 53.4 Å². The van der Waals surface area contributed by atoms with Crippen molar-refractivity contribution in [1.29, 1.82) is 0 Å². The number of fused-ring (bicyclic) bond motifs is 1. The highest BCUT2D eigenvalue weighted by atomic mass is 79.9. The van der Waals surface area contributed by atoms with Gasteiger partial charge in [-0.2, -0.15) is 0 Å². The molecule has 0 aliphatic carbocycles. The smallest absolute Gasteiger partial charge is 0.259 e. The van der Waals surface area contributed by atoms with Crippen LogP contribution in [0, 0.1) is 11.7 Å². The lowest BCUT2D eigenvalue weighted by atomic mass is 10.0. The molecule has 3 nitrogen and oxygen atoms in total. The maximum atomic E-state index is 14.0. The molecule has 0 aromatic heterocycles. The van der Waals surface area contributed by atoms with Crippen molar-refractivity contribution in [1.82, 2.24) is 0 Å². The van der Waals surface area contributed by atoms with Crippen LogP contribution in [0.25, 0.3) is 11.6 Å². The molecule has 0 saturated carbocycles. The zero-order valence-electron chi connectivity index (χ0n) is 17.4. The Bertz CT molecular complexity index is 1160. The molecule has 3 aromatic rings. The molecule has 5 heteroatoms. The highest BCUT2D eigenvalue weighted by Gasteiger charge is 2.32. The molecule has 158 valence electrons. The van der Waals surface area contributed by atoms with Crippen LogP contribution in [0.15, 0.2) is 71.2 Å². The summed E-state index contributed by atoms with van der Waals surface area (Å²) >= 11 is 3.50. The van der Waals surface area contributed by atoms with Crippen molar-refractivity contribution in [2.75, 3.05) is 11.4 Å². The summed E-state index contributed by atoms with van der Waals surface area (Å²) in [5.41, 5.74) is 3.71. The first kappa shape index (κ1) is 21.3. The first-order chi connectivity index (χ1) is 14.9. The van der Waals surface area contributed by atoms with E-state index in [0.29, 0.717) is 29.3 Å². The van der Waals surface area contributed by atoms with E-state index in [2.05, 4.69) is 29.8 Å². The van der Waals surface area contributed by atoms with E-state index in [4.69, 9.17) is 4.74 Å². The number of hydrogen-bond donors (Lipinski definition) is 0. The molecule has 0 radical (unpaired) electrons. The molecule has 0 N–H and O–H groups in total. The Kier molecular flexibility index (Phi) is 6.23. The number of carbonyl (C=O) groups is 1. The van der Waals surface area contributed by atoms with Gasteiger partial charge in [0.2, 0.25) is 0 Å². The topological polar surface area (TPSA) is 29.5 Å². The molecule has 0 spiro atoms. The van der Waals surface area contributed by atoms with Crippen LogP contribution in [-0.2, 0) is 11.4 Å². The summed E-state index contributed by atoms with van der Waals surface area (Å²) in [5.74, 6) is 0.618. The first-order valence-electron chi connectivity index (χ1n) is 10.2. The number of rotatable bonds is 6. The summed E-state index contributed by atoms with van der Waals surface area (Å²) in [6, 6.07) is 20.0. The molecular weight excluding hydrogens is 457 g/mol. The number of para-hydroxylation sites is 1. The summed E-state index contributed by atoms with van der Waals surface area (Å²) in [6.07, 6.45) is 1.86. The van der Waals surface area contributed by atoms with E-state index in [9.17, 15) is 9.18 Å². The quantitative estimate of drug-likeness (QED) is 0.367. The Balaban J connectivity index is 1.70. The van der Waals surface area contributed by atoms with Gasteiger partial charge in [0.1, 0.15) is 18.2 Å². The fraction of sp³-hybridized carbons (Fsp3) is 0.192. The van der Waals surface area contributed by atoms with Gasteiger partial charge in [0, 0.05) is 33.3 Å². The number of hydrogen-bond acceptors (Lipinski definition) is 2. The minimum Gasteiger partial charge on any atom is -0.488 e. The number of anilines is 1. The Morgan fingerprint density at radius 2 is 1.81 bits per heavy atom. The van der Waals surface area contributed by atoms with Crippen molar-refractivity contribution in [3.8, 4) is 5.75 Å². The fourth-order valence-corrected chi connectivity index (χ4v) is 4.06. The molecule has 0 saturated heterocycles. The third kappa shape index (κ3) is 4.57. The van der Waals surface area contributed by atoms with Gasteiger partial charge in [-0.05, 0) is 42.3 Å². The van der Waals surface area contributed by atoms with Gasteiger partial charge < -0.3 is 9.64 Å². The monoisotopic (exact) mass is 479 g/mol. The van der Waals surface area contributed by atoms with Crippen LogP contribution in [0.4, 0.5) is 10.1 Å². The summed E-state index contributed by atoms with van der Waals surface area (Å²) in [6.45, 7) is 4.96. The van der Waals surface area contributed by atoms with E-state index in [-0.39, 0.29) is 18.3 Å². The third-order valence-corrected chi connectivity index (χ3v) is 5.61. The van der Waals surface area contributed by atoms with Crippen LogP contribution in [-0.4, -0.2) is 12.5 Å². The second kappa shape index (κ2) is 9.06. The Morgan fingerprint density at radius 3 is 2.58 bits per heavy atom. The Morgan fingerprint density at radius 1 is 1.06 bits per heavy atom.